The highest BCUT2D eigenvalue weighted by atomic mass is 16.5. The molecule has 0 saturated carbocycles. The molecule has 2 aromatic heterocycles. The van der Waals surface area contributed by atoms with E-state index in [1.807, 2.05) is 30.3 Å². The van der Waals surface area contributed by atoms with Crippen LogP contribution in [0.2, 0.25) is 0 Å². The minimum atomic E-state index is -0.642. The average Bonchev–Trinajstić information content (AvgIpc) is 3.65. The van der Waals surface area contributed by atoms with E-state index in [0.29, 0.717) is 35.6 Å². The van der Waals surface area contributed by atoms with E-state index in [1.54, 1.807) is 36.4 Å². The smallest absolute Gasteiger partial charge is 0.357 e. The van der Waals surface area contributed by atoms with Gasteiger partial charge in [-0.05, 0) is 47.5 Å². The first kappa shape index (κ1) is 22.9. The third kappa shape index (κ3) is 4.56. The first-order chi connectivity index (χ1) is 17.6. The molecule has 0 bridgehead atoms. The number of benzene rings is 2. The van der Waals surface area contributed by atoms with E-state index < -0.39 is 5.97 Å². The van der Waals surface area contributed by atoms with Crippen LogP contribution in [0.5, 0.6) is 0 Å². The summed E-state index contributed by atoms with van der Waals surface area (Å²) in [7, 11) is 0. The zero-order valence-electron chi connectivity index (χ0n) is 19.1. The van der Waals surface area contributed by atoms with Crippen molar-refractivity contribution in [1.82, 2.24) is 25.1 Å². The number of furan rings is 1. The number of hydrogen-bond acceptors (Lipinski definition) is 8. The lowest BCUT2D eigenvalue weighted by molar-refractivity contribution is -0.137. The molecule has 3 heterocycles. The highest BCUT2D eigenvalue weighted by molar-refractivity contribution is 6.21. The molecule has 5 rings (SSSR count). The molecule has 0 aliphatic carbocycles. The number of fused-ring (bicyclic) bond motifs is 1. The molecule has 2 amide bonds. The van der Waals surface area contributed by atoms with E-state index in [9.17, 15) is 14.4 Å². The number of rotatable bonds is 9. The van der Waals surface area contributed by atoms with E-state index in [2.05, 4.69) is 15.5 Å². The Labute approximate surface area is 205 Å². The van der Waals surface area contributed by atoms with Crippen LogP contribution in [-0.2, 0) is 9.53 Å². The van der Waals surface area contributed by atoms with Crippen molar-refractivity contribution in [2.24, 2.45) is 0 Å². The SMILES string of the molecule is O=C(OCCCCN1C(=O)c2ccccc2C1=O)C(=Cc1ccco1)n1nnnc1-c1ccccc1. The molecule has 1 aliphatic heterocycles. The number of carbonyl (C=O) groups excluding carboxylic acids is 3. The number of unbranched alkanes of at least 4 members (excludes halogenated alkanes) is 1. The molecule has 0 saturated heterocycles. The van der Waals surface area contributed by atoms with Crippen LogP contribution in [0, 0.1) is 0 Å². The van der Waals surface area contributed by atoms with Crippen molar-refractivity contribution in [1.29, 1.82) is 0 Å². The zero-order valence-corrected chi connectivity index (χ0v) is 19.1. The van der Waals surface area contributed by atoms with Gasteiger partial charge in [-0.1, -0.05) is 42.5 Å². The summed E-state index contributed by atoms with van der Waals surface area (Å²) < 4.78 is 12.2. The topological polar surface area (TPSA) is 120 Å². The fourth-order valence-corrected chi connectivity index (χ4v) is 3.88. The summed E-state index contributed by atoms with van der Waals surface area (Å²) in [6.07, 6.45) is 3.93. The molecule has 0 atom stereocenters. The monoisotopic (exact) mass is 483 g/mol. The molecule has 0 fully saturated rings. The Bertz CT molecular complexity index is 1390. The van der Waals surface area contributed by atoms with E-state index >= 15 is 0 Å². The maximum Gasteiger partial charge on any atom is 0.357 e. The Morgan fingerprint density at radius 3 is 2.33 bits per heavy atom. The highest BCUT2D eigenvalue weighted by Gasteiger charge is 2.34. The lowest BCUT2D eigenvalue weighted by Crippen LogP contribution is -2.30. The maximum atomic E-state index is 13.1. The van der Waals surface area contributed by atoms with Crippen molar-refractivity contribution in [3.05, 3.63) is 89.9 Å². The molecule has 0 unspecified atom stereocenters. The first-order valence-electron chi connectivity index (χ1n) is 11.3. The van der Waals surface area contributed by atoms with Crippen LogP contribution >= 0.6 is 0 Å². The second-order valence-electron chi connectivity index (χ2n) is 7.98. The molecule has 10 nitrogen and oxygen atoms in total. The number of carbonyl (C=O) groups is 3. The summed E-state index contributed by atoms with van der Waals surface area (Å²) in [5.41, 5.74) is 1.63. The number of hydrogen-bond donors (Lipinski definition) is 0. The van der Waals surface area contributed by atoms with Gasteiger partial charge >= 0.3 is 5.97 Å². The van der Waals surface area contributed by atoms with Crippen molar-refractivity contribution in [2.75, 3.05) is 13.2 Å². The second-order valence-corrected chi connectivity index (χ2v) is 7.98. The van der Waals surface area contributed by atoms with Gasteiger partial charge in [-0.25, -0.2) is 4.79 Å². The maximum absolute atomic E-state index is 13.1. The van der Waals surface area contributed by atoms with Gasteiger partial charge in [-0.15, -0.1) is 5.10 Å². The van der Waals surface area contributed by atoms with Crippen LogP contribution in [-0.4, -0.2) is 56.0 Å². The first-order valence-corrected chi connectivity index (χ1v) is 11.3. The van der Waals surface area contributed by atoms with Gasteiger partial charge in [0.1, 0.15) is 5.76 Å². The number of imide groups is 1. The third-order valence-corrected chi connectivity index (χ3v) is 5.65. The molecule has 1 aliphatic rings. The van der Waals surface area contributed by atoms with Crippen LogP contribution in [0.4, 0.5) is 0 Å². The lowest BCUT2D eigenvalue weighted by atomic mass is 10.1. The van der Waals surface area contributed by atoms with Crippen molar-refractivity contribution >= 4 is 29.6 Å². The van der Waals surface area contributed by atoms with Gasteiger partial charge in [0.05, 0.1) is 24.0 Å². The largest absolute Gasteiger partial charge is 0.465 e. The number of amides is 2. The Kier molecular flexibility index (Phi) is 6.48. The molecule has 4 aromatic rings. The minimum absolute atomic E-state index is 0.0779. The van der Waals surface area contributed by atoms with Crippen molar-refractivity contribution in [3.63, 3.8) is 0 Å². The van der Waals surface area contributed by atoms with Crippen molar-refractivity contribution < 1.29 is 23.5 Å². The van der Waals surface area contributed by atoms with Gasteiger partial charge in [-0.2, -0.15) is 4.68 Å². The molecule has 180 valence electrons. The van der Waals surface area contributed by atoms with Gasteiger partial charge in [0, 0.05) is 18.2 Å². The molecule has 36 heavy (non-hydrogen) atoms. The lowest BCUT2D eigenvalue weighted by Gasteiger charge is -2.14. The number of ether oxygens (including phenoxy) is 1. The number of esters is 1. The van der Waals surface area contributed by atoms with Crippen molar-refractivity contribution in [3.8, 4) is 11.4 Å². The highest BCUT2D eigenvalue weighted by Crippen LogP contribution is 2.23. The third-order valence-electron chi connectivity index (χ3n) is 5.65. The van der Waals surface area contributed by atoms with Gasteiger partial charge in [0.2, 0.25) is 0 Å². The molecular weight excluding hydrogens is 462 g/mol. The quantitative estimate of drug-likeness (QED) is 0.153. The summed E-state index contributed by atoms with van der Waals surface area (Å²) in [6, 6.07) is 19.4. The molecule has 0 spiro atoms. The summed E-state index contributed by atoms with van der Waals surface area (Å²) in [4.78, 5) is 39.2. The van der Waals surface area contributed by atoms with E-state index in [-0.39, 0.29) is 30.7 Å². The predicted molar refractivity (Wildman–Crippen MR) is 128 cm³/mol. The van der Waals surface area contributed by atoms with Crippen LogP contribution < -0.4 is 0 Å². The Morgan fingerprint density at radius 1 is 0.917 bits per heavy atom. The summed E-state index contributed by atoms with van der Waals surface area (Å²) in [5.74, 6) is -0.443. The normalized spacial score (nSPS) is 13.2. The summed E-state index contributed by atoms with van der Waals surface area (Å²) >= 11 is 0. The molecule has 10 heteroatoms. The summed E-state index contributed by atoms with van der Waals surface area (Å²) in [5, 5.41) is 11.8. The van der Waals surface area contributed by atoms with Gasteiger partial charge in [0.15, 0.2) is 11.5 Å². The standard InChI is InChI=1S/C26H21N5O5/c32-24-20-12-4-5-13-21(20)25(33)30(24)14-6-7-15-36-26(34)22(17-19-11-8-16-35-19)31-23(27-28-29-31)18-9-2-1-3-10-18/h1-5,8-13,16-17H,6-7,14-15H2. The Balaban J connectivity index is 1.23. The zero-order chi connectivity index (χ0) is 24.9. The fourth-order valence-electron chi connectivity index (χ4n) is 3.88. The molecule has 2 aromatic carbocycles. The average molecular weight is 483 g/mol. The molecular formula is C26H21N5O5. The minimum Gasteiger partial charge on any atom is -0.465 e. The number of tetrazole rings is 1. The van der Waals surface area contributed by atoms with Crippen LogP contribution in [0.25, 0.3) is 23.2 Å². The Hall–Kier alpha value is -4.86. The van der Waals surface area contributed by atoms with Crippen LogP contribution in [0.3, 0.4) is 0 Å². The summed E-state index contributed by atoms with van der Waals surface area (Å²) in [6.45, 7) is 0.324. The fraction of sp³-hybridized carbons (Fsp3) is 0.154. The van der Waals surface area contributed by atoms with E-state index in [1.165, 1.54) is 21.9 Å². The van der Waals surface area contributed by atoms with E-state index in [0.717, 1.165) is 5.56 Å². The van der Waals surface area contributed by atoms with Crippen LogP contribution in [0.1, 0.15) is 39.3 Å². The van der Waals surface area contributed by atoms with Gasteiger partial charge in [0.25, 0.3) is 11.8 Å². The molecule has 0 radical (unpaired) electrons. The number of nitrogens with zero attached hydrogens (tertiary/aromatic N) is 5. The second kappa shape index (κ2) is 10.2. The van der Waals surface area contributed by atoms with Gasteiger partial charge in [-0.3, -0.25) is 14.5 Å². The Morgan fingerprint density at radius 2 is 1.64 bits per heavy atom. The van der Waals surface area contributed by atoms with Crippen molar-refractivity contribution in [2.45, 2.75) is 12.8 Å². The molecule has 0 N–H and O–H groups in total. The predicted octanol–water partition coefficient (Wildman–Crippen LogP) is 3.55. The van der Waals surface area contributed by atoms with Gasteiger partial charge < -0.3 is 9.15 Å². The number of aromatic nitrogens is 4. The van der Waals surface area contributed by atoms with E-state index in [4.69, 9.17) is 9.15 Å². The van der Waals surface area contributed by atoms with Crippen LogP contribution in [0.15, 0.2) is 77.4 Å².